The first-order valence-electron chi connectivity index (χ1n) is 8.29. The van der Waals surface area contributed by atoms with Crippen molar-refractivity contribution in [1.29, 1.82) is 0 Å². The van der Waals surface area contributed by atoms with Crippen molar-refractivity contribution in [2.24, 2.45) is 0 Å². The van der Waals surface area contributed by atoms with Gasteiger partial charge in [-0.25, -0.2) is 0 Å². The van der Waals surface area contributed by atoms with Crippen molar-refractivity contribution in [3.63, 3.8) is 0 Å². The summed E-state index contributed by atoms with van der Waals surface area (Å²) in [6.45, 7) is 0. The Morgan fingerprint density at radius 1 is 0.760 bits per heavy atom. The lowest BCUT2D eigenvalue weighted by Crippen LogP contribution is -2.06. The number of anilines is 1. The predicted molar refractivity (Wildman–Crippen MR) is 110 cm³/mol. The molecule has 25 heavy (non-hydrogen) atoms. The van der Waals surface area contributed by atoms with Crippen molar-refractivity contribution in [2.45, 2.75) is 10.1 Å². The fourth-order valence-electron chi connectivity index (χ4n) is 3.54. The number of hydrogen-bond donors (Lipinski definition) is 1. The molecule has 0 fully saturated rings. The Morgan fingerprint density at radius 3 is 2.28 bits per heavy atom. The lowest BCUT2D eigenvalue weighted by atomic mass is 10.0. The van der Waals surface area contributed by atoms with Crippen LogP contribution in [0.1, 0.15) is 21.9 Å². The van der Waals surface area contributed by atoms with Crippen LogP contribution in [0.2, 0.25) is 0 Å². The average molecular weight is 358 g/mol. The van der Waals surface area contributed by atoms with Crippen molar-refractivity contribution in [1.82, 2.24) is 0 Å². The lowest BCUT2D eigenvalue weighted by molar-refractivity contribution is 1.19. The predicted octanol–water partition coefficient (Wildman–Crippen LogP) is 6.09. The Bertz CT molecular complexity index is 1020. The molecule has 2 aliphatic rings. The normalized spacial score (nSPS) is 18.1. The minimum Gasteiger partial charge on any atom is -0.354 e. The maximum Gasteiger partial charge on any atom is 0.0629 e. The topological polar surface area (TPSA) is 12.0 Å². The van der Waals surface area contributed by atoms with Gasteiger partial charge in [0.25, 0.3) is 0 Å². The van der Waals surface area contributed by atoms with Crippen molar-refractivity contribution < 1.29 is 0 Å². The first kappa shape index (κ1) is 14.9. The van der Waals surface area contributed by atoms with Gasteiger partial charge in [-0.05, 0) is 17.7 Å². The van der Waals surface area contributed by atoms with Crippen LogP contribution < -0.4 is 5.32 Å². The summed E-state index contributed by atoms with van der Waals surface area (Å²) < 4.78 is 0. The molecule has 1 aliphatic heterocycles. The summed E-state index contributed by atoms with van der Waals surface area (Å²) in [6.07, 6.45) is 0. The Labute approximate surface area is 156 Å². The van der Waals surface area contributed by atoms with Crippen LogP contribution >= 0.6 is 24.0 Å². The number of nitrogens with one attached hydrogen (secondary N) is 1. The van der Waals surface area contributed by atoms with Gasteiger partial charge < -0.3 is 5.32 Å². The Kier molecular flexibility index (Phi) is 3.51. The minimum atomic E-state index is 0.187. The second-order valence-corrected chi connectivity index (χ2v) is 7.75. The third-order valence-electron chi connectivity index (χ3n) is 4.71. The van der Waals surface area contributed by atoms with Crippen LogP contribution in [-0.2, 0) is 0 Å². The van der Waals surface area contributed by atoms with Crippen LogP contribution in [-0.4, -0.2) is 4.86 Å². The average Bonchev–Trinajstić information content (AvgIpc) is 2.84. The third-order valence-corrected chi connectivity index (χ3v) is 6.50. The van der Waals surface area contributed by atoms with Crippen LogP contribution in [0.3, 0.4) is 0 Å². The zero-order valence-electron chi connectivity index (χ0n) is 13.4. The van der Waals surface area contributed by atoms with Gasteiger partial charge >= 0.3 is 0 Å². The summed E-state index contributed by atoms with van der Waals surface area (Å²) in [6, 6.07) is 27.6. The van der Waals surface area contributed by atoms with E-state index in [0.717, 1.165) is 21.8 Å². The smallest absolute Gasteiger partial charge is 0.0629 e. The van der Waals surface area contributed by atoms with E-state index >= 15 is 0 Å². The summed E-state index contributed by atoms with van der Waals surface area (Å²) in [7, 11) is 0. The van der Waals surface area contributed by atoms with E-state index in [1.807, 2.05) is 11.8 Å². The first-order valence-corrected chi connectivity index (χ1v) is 9.57. The van der Waals surface area contributed by atoms with Crippen molar-refractivity contribution >= 4 is 40.2 Å². The van der Waals surface area contributed by atoms with Crippen molar-refractivity contribution in [3.8, 4) is 0 Å². The van der Waals surface area contributed by atoms with Gasteiger partial charge in [0.1, 0.15) is 0 Å². The molecule has 0 saturated carbocycles. The van der Waals surface area contributed by atoms with E-state index in [1.54, 1.807) is 0 Å². The minimum absolute atomic E-state index is 0.187. The molecule has 1 nitrogen and oxygen atoms in total. The van der Waals surface area contributed by atoms with Crippen LogP contribution in [0.5, 0.6) is 0 Å². The standard InChI is InChI=1S/C22H15NS2/c24-21-16-11-5-4-10-15(16)20-19(21)22(14-8-2-1-3-9-14)25-18-13-7-6-12-17(18)23-20/h1-13,22-23H/t22-/m1/s1. The summed E-state index contributed by atoms with van der Waals surface area (Å²) in [5.74, 6) is 0. The largest absolute Gasteiger partial charge is 0.354 e. The van der Waals surface area contributed by atoms with Crippen molar-refractivity contribution in [2.75, 3.05) is 5.32 Å². The van der Waals surface area contributed by atoms with Gasteiger partial charge in [0.15, 0.2) is 0 Å². The van der Waals surface area contributed by atoms with Crippen molar-refractivity contribution in [3.05, 3.63) is 101 Å². The molecule has 3 heteroatoms. The van der Waals surface area contributed by atoms with E-state index in [-0.39, 0.29) is 5.25 Å². The number of rotatable bonds is 1. The molecule has 0 spiro atoms. The first-order chi connectivity index (χ1) is 12.3. The summed E-state index contributed by atoms with van der Waals surface area (Å²) in [5, 5.41) is 3.87. The number of para-hydroxylation sites is 1. The number of hydrogen-bond acceptors (Lipinski definition) is 3. The molecule has 0 radical (unpaired) electrons. The van der Waals surface area contributed by atoms with Crippen LogP contribution in [0.4, 0.5) is 5.69 Å². The SMILES string of the molecule is S=C1C2=C(Nc3ccccc3S[C@@H]2c2ccccc2)c2ccccc21. The van der Waals surface area contributed by atoms with E-state index in [9.17, 15) is 0 Å². The number of thiocarbonyl (C=S) groups is 1. The Balaban J connectivity index is 1.76. The Morgan fingerprint density at radius 2 is 1.44 bits per heavy atom. The molecule has 5 rings (SSSR count). The van der Waals surface area contributed by atoms with Crippen LogP contribution in [0.25, 0.3) is 5.70 Å². The van der Waals surface area contributed by atoms with Gasteiger partial charge in [0.05, 0.1) is 21.5 Å². The summed E-state index contributed by atoms with van der Waals surface area (Å²) >= 11 is 7.78. The molecule has 0 saturated heterocycles. The molecule has 0 unspecified atom stereocenters. The van der Waals surface area contributed by atoms with E-state index in [1.165, 1.54) is 21.6 Å². The molecule has 0 aromatic heterocycles. The number of benzene rings is 3. The molecule has 3 aromatic rings. The van der Waals surface area contributed by atoms with Gasteiger partial charge in [0.2, 0.25) is 0 Å². The molecular formula is C22H15NS2. The second kappa shape index (κ2) is 5.87. The molecule has 1 atom stereocenters. The second-order valence-electron chi connectivity index (χ2n) is 6.19. The van der Waals surface area contributed by atoms with Crippen LogP contribution in [0, 0.1) is 0 Å². The van der Waals surface area contributed by atoms with E-state index < -0.39 is 0 Å². The highest BCUT2D eigenvalue weighted by Gasteiger charge is 2.35. The van der Waals surface area contributed by atoms with Gasteiger partial charge in [0, 0.05) is 21.6 Å². The molecule has 120 valence electrons. The highest BCUT2D eigenvalue weighted by Crippen LogP contribution is 2.52. The molecule has 1 N–H and O–H groups in total. The van der Waals surface area contributed by atoms with Gasteiger partial charge in [-0.3, -0.25) is 0 Å². The van der Waals surface area contributed by atoms with E-state index in [0.29, 0.717) is 0 Å². The quantitative estimate of drug-likeness (QED) is 0.529. The van der Waals surface area contributed by atoms with Crippen LogP contribution in [0.15, 0.2) is 89.3 Å². The number of fused-ring (bicyclic) bond motifs is 3. The molecule has 1 heterocycles. The highest BCUT2D eigenvalue weighted by atomic mass is 32.2. The third kappa shape index (κ3) is 2.35. The molecule has 0 bridgehead atoms. The van der Waals surface area contributed by atoms with Gasteiger partial charge in [-0.1, -0.05) is 78.9 Å². The molecule has 0 amide bonds. The molecule has 3 aromatic carbocycles. The molecular weight excluding hydrogens is 342 g/mol. The van der Waals surface area contributed by atoms with E-state index in [4.69, 9.17) is 12.2 Å². The summed E-state index contributed by atoms with van der Waals surface area (Å²) in [4.78, 5) is 2.22. The number of thioether (sulfide) groups is 1. The monoisotopic (exact) mass is 357 g/mol. The van der Waals surface area contributed by atoms with Gasteiger partial charge in [-0.15, -0.1) is 11.8 Å². The fraction of sp³-hybridized carbons (Fsp3) is 0.0455. The molecule has 1 aliphatic carbocycles. The maximum atomic E-state index is 5.91. The lowest BCUT2D eigenvalue weighted by Gasteiger charge is -2.18. The van der Waals surface area contributed by atoms with E-state index in [2.05, 4.69) is 84.2 Å². The van der Waals surface area contributed by atoms with Gasteiger partial charge in [-0.2, -0.15) is 0 Å². The zero-order chi connectivity index (χ0) is 16.8. The Hall–Kier alpha value is -2.36. The maximum absolute atomic E-state index is 5.91. The summed E-state index contributed by atoms with van der Waals surface area (Å²) in [5.41, 5.74) is 7.19. The zero-order valence-corrected chi connectivity index (χ0v) is 15.0. The highest BCUT2D eigenvalue weighted by molar-refractivity contribution is 8.00. The fourth-order valence-corrected chi connectivity index (χ4v) is 5.32.